The van der Waals surface area contributed by atoms with Gasteiger partial charge in [0.05, 0.1) is 12.1 Å². The smallest absolute Gasteiger partial charge is 0.253 e. The predicted octanol–water partition coefficient (Wildman–Crippen LogP) is 3.69. The molecule has 2 heterocycles. The molecule has 0 atom stereocenters. The summed E-state index contributed by atoms with van der Waals surface area (Å²) in [4.78, 5) is 12.6. The summed E-state index contributed by atoms with van der Waals surface area (Å²) in [5.41, 5.74) is 3.92. The van der Waals surface area contributed by atoms with Gasteiger partial charge in [0.1, 0.15) is 12.4 Å². The largest absolute Gasteiger partial charge is 0.492 e. The SMILES string of the molecule is Cc1cc(C(=O)NCCOc2ccc3c(c2)OCO3)c(C)n1Cc1ccccc1. The Morgan fingerprint density at radius 2 is 1.86 bits per heavy atom. The molecule has 4 rings (SSSR count). The van der Waals surface area contributed by atoms with Gasteiger partial charge in [-0.2, -0.15) is 0 Å². The molecule has 0 bridgehead atoms. The minimum Gasteiger partial charge on any atom is -0.492 e. The van der Waals surface area contributed by atoms with E-state index in [4.69, 9.17) is 14.2 Å². The molecule has 0 saturated heterocycles. The standard InChI is InChI=1S/C23H24N2O4/c1-16-12-20(17(2)25(16)14-18-6-4-3-5-7-18)23(26)24-10-11-27-19-8-9-21-22(13-19)29-15-28-21/h3-9,12-13H,10-11,14-15H2,1-2H3,(H,24,26). The van der Waals surface area contributed by atoms with Crippen LogP contribution in [0.3, 0.4) is 0 Å². The summed E-state index contributed by atoms with van der Waals surface area (Å²) >= 11 is 0. The quantitative estimate of drug-likeness (QED) is 0.623. The number of nitrogens with one attached hydrogen (secondary N) is 1. The van der Waals surface area contributed by atoms with Crippen molar-refractivity contribution in [3.63, 3.8) is 0 Å². The van der Waals surface area contributed by atoms with Gasteiger partial charge in [0.25, 0.3) is 5.91 Å². The Bertz CT molecular complexity index is 1010. The van der Waals surface area contributed by atoms with Crippen LogP contribution in [0.4, 0.5) is 0 Å². The van der Waals surface area contributed by atoms with Crippen molar-refractivity contribution in [1.29, 1.82) is 0 Å². The number of amides is 1. The molecule has 1 aliphatic rings. The molecule has 0 spiro atoms. The average molecular weight is 392 g/mol. The summed E-state index contributed by atoms with van der Waals surface area (Å²) in [6.45, 7) is 5.77. The fraction of sp³-hybridized carbons (Fsp3) is 0.261. The molecular weight excluding hydrogens is 368 g/mol. The van der Waals surface area contributed by atoms with Gasteiger partial charge in [-0.1, -0.05) is 30.3 Å². The molecule has 2 aromatic carbocycles. The number of hydrogen-bond acceptors (Lipinski definition) is 4. The van der Waals surface area contributed by atoms with Crippen molar-refractivity contribution < 1.29 is 19.0 Å². The van der Waals surface area contributed by atoms with Gasteiger partial charge >= 0.3 is 0 Å². The lowest BCUT2D eigenvalue weighted by Gasteiger charge is -2.11. The van der Waals surface area contributed by atoms with Crippen molar-refractivity contribution in [2.45, 2.75) is 20.4 Å². The van der Waals surface area contributed by atoms with Crippen molar-refractivity contribution in [2.24, 2.45) is 0 Å². The third-order valence-corrected chi connectivity index (χ3v) is 5.00. The van der Waals surface area contributed by atoms with Gasteiger partial charge in [0.2, 0.25) is 6.79 Å². The fourth-order valence-electron chi connectivity index (χ4n) is 3.44. The van der Waals surface area contributed by atoms with Gasteiger partial charge in [0.15, 0.2) is 11.5 Å². The summed E-state index contributed by atoms with van der Waals surface area (Å²) < 4.78 is 18.5. The Hall–Kier alpha value is -3.41. The van der Waals surface area contributed by atoms with Crippen molar-refractivity contribution in [3.05, 3.63) is 77.1 Å². The van der Waals surface area contributed by atoms with E-state index in [1.54, 1.807) is 6.07 Å². The van der Waals surface area contributed by atoms with Gasteiger partial charge in [-0.3, -0.25) is 4.79 Å². The molecule has 150 valence electrons. The maximum Gasteiger partial charge on any atom is 0.253 e. The van der Waals surface area contributed by atoms with Crippen LogP contribution < -0.4 is 19.5 Å². The monoisotopic (exact) mass is 392 g/mol. The first kappa shape index (κ1) is 18.9. The second-order valence-corrected chi connectivity index (χ2v) is 6.98. The number of fused-ring (bicyclic) bond motifs is 1. The van der Waals surface area contributed by atoms with Gasteiger partial charge in [-0.05, 0) is 37.6 Å². The molecule has 0 radical (unpaired) electrons. The molecule has 6 nitrogen and oxygen atoms in total. The highest BCUT2D eigenvalue weighted by Gasteiger charge is 2.16. The number of carbonyl (C=O) groups excluding carboxylic acids is 1. The number of hydrogen-bond donors (Lipinski definition) is 1. The molecule has 6 heteroatoms. The van der Waals surface area contributed by atoms with E-state index >= 15 is 0 Å². The second kappa shape index (κ2) is 8.31. The maximum atomic E-state index is 12.6. The van der Waals surface area contributed by atoms with Crippen molar-refractivity contribution in [3.8, 4) is 17.2 Å². The van der Waals surface area contributed by atoms with E-state index in [1.165, 1.54) is 5.56 Å². The van der Waals surface area contributed by atoms with Crippen LogP contribution in [-0.2, 0) is 6.54 Å². The van der Waals surface area contributed by atoms with Crippen molar-refractivity contribution >= 4 is 5.91 Å². The molecule has 29 heavy (non-hydrogen) atoms. The lowest BCUT2D eigenvalue weighted by molar-refractivity contribution is 0.0946. The summed E-state index contributed by atoms with van der Waals surface area (Å²) in [6.07, 6.45) is 0. The van der Waals surface area contributed by atoms with Crippen LogP contribution in [-0.4, -0.2) is 30.4 Å². The first-order valence-corrected chi connectivity index (χ1v) is 9.63. The van der Waals surface area contributed by atoms with Gasteiger partial charge in [-0.25, -0.2) is 0 Å². The summed E-state index contributed by atoms with van der Waals surface area (Å²) in [5, 5.41) is 2.93. The molecule has 1 N–H and O–H groups in total. The molecule has 0 unspecified atom stereocenters. The number of ether oxygens (including phenoxy) is 3. The first-order valence-electron chi connectivity index (χ1n) is 9.63. The second-order valence-electron chi connectivity index (χ2n) is 6.98. The third kappa shape index (κ3) is 4.21. The van der Waals surface area contributed by atoms with E-state index in [-0.39, 0.29) is 12.7 Å². The fourth-order valence-corrected chi connectivity index (χ4v) is 3.44. The number of rotatable bonds is 7. The number of carbonyl (C=O) groups is 1. The summed E-state index contributed by atoms with van der Waals surface area (Å²) in [5.74, 6) is 1.99. The van der Waals surface area contributed by atoms with E-state index in [0.29, 0.717) is 30.2 Å². The molecule has 1 amide bonds. The maximum absolute atomic E-state index is 12.6. The van der Waals surface area contributed by atoms with E-state index < -0.39 is 0 Å². The van der Waals surface area contributed by atoms with Crippen LogP contribution in [0.25, 0.3) is 0 Å². The van der Waals surface area contributed by atoms with E-state index in [0.717, 1.165) is 23.7 Å². The average Bonchev–Trinajstić information content (AvgIpc) is 3.31. The van der Waals surface area contributed by atoms with Gasteiger partial charge in [0, 0.05) is 24.0 Å². The Morgan fingerprint density at radius 3 is 2.69 bits per heavy atom. The van der Waals surface area contributed by atoms with Gasteiger partial charge < -0.3 is 24.1 Å². The Kier molecular flexibility index (Phi) is 5.42. The van der Waals surface area contributed by atoms with E-state index in [2.05, 4.69) is 22.0 Å². The Balaban J connectivity index is 1.32. The normalized spacial score (nSPS) is 12.1. The highest BCUT2D eigenvalue weighted by Crippen LogP contribution is 2.35. The lowest BCUT2D eigenvalue weighted by Crippen LogP contribution is -2.28. The minimum absolute atomic E-state index is 0.0910. The number of aromatic nitrogens is 1. The number of aryl methyl sites for hydroxylation is 1. The van der Waals surface area contributed by atoms with Gasteiger partial charge in [-0.15, -0.1) is 0 Å². The van der Waals surface area contributed by atoms with E-state index in [1.807, 2.05) is 50.2 Å². The number of benzene rings is 2. The molecule has 3 aromatic rings. The van der Waals surface area contributed by atoms with Crippen LogP contribution in [0.15, 0.2) is 54.6 Å². The zero-order valence-electron chi connectivity index (χ0n) is 16.6. The zero-order chi connectivity index (χ0) is 20.2. The van der Waals surface area contributed by atoms with Crippen LogP contribution in [0.2, 0.25) is 0 Å². The zero-order valence-corrected chi connectivity index (χ0v) is 16.6. The number of nitrogens with zero attached hydrogens (tertiary/aromatic N) is 1. The topological polar surface area (TPSA) is 61.7 Å². The first-order chi connectivity index (χ1) is 14.1. The molecule has 1 aliphatic heterocycles. The van der Waals surface area contributed by atoms with Crippen LogP contribution in [0.1, 0.15) is 27.3 Å². The molecule has 0 aliphatic carbocycles. The van der Waals surface area contributed by atoms with Crippen LogP contribution in [0.5, 0.6) is 17.2 Å². The van der Waals surface area contributed by atoms with E-state index in [9.17, 15) is 4.79 Å². The Morgan fingerprint density at radius 1 is 1.07 bits per heavy atom. The van der Waals surface area contributed by atoms with Crippen molar-refractivity contribution in [1.82, 2.24) is 9.88 Å². The van der Waals surface area contributed by atoms with Crippen LogP contribution in [0, 0.1) is 13.8 Å². The molecule has 0 saturated carbocycles. The highest BCUT2D eigenvalue weighted by molar-refractivity contribution is 5.95. The lowest BCUT2D eigenvalue weighted by atomic mass is 10.2. The molecular formula is C23H24N2O4. The third-order valence-electron chi connectivity index (χ3n) is 5.00. The van der Waals surface area contributed by atoms with Crippen molar-refractivity contribution in [2.75, 3.05) is 19.9 Å². The minimum atomic E-state index is -0.0910. The van der Waals surface area contributed by atoms with Crippen LogP contribution >= 0.6 is 0 Å². The summed E-state index contributed by atoms with van der Waals surface area (Å²) in [6, 6.07) is 17.6. The Labute approximate surface area is 170 Å². The molecule has 1 aromatic heterocycles. The predicted molar refractivity (Wildman–Crippen MR) is 110 cm³/mol. The summed E-state index contributed by atoms with van der Waals surface area (Å²) in [7, 11) is 0. The molecule has 0 fully saturated rings. The highest BCUT2D eigenvalue weighted by atomic mass is 16.7.